The van der Waals surface area contributed by atoms with Crippen molar-refractivity contribution in [2.24, 2.45) is 0 Å². The molecule has 0 fully saturated rings. The summed E-state index contributed by atoms with van der Waals surface area (Å²) in [6.07, 6.45) is 0. The number of aryl methyl sites for hydroxylation is 2. The zero-order chi connectivity index (χ0) is 24.4. The van der Waals surface area contributed by atoms with E-state index in [1.807, 2.05) is 50.2 Å². The lowest BCUT2D eigenvalue weighted by molar-refractivity contribution is 0.217. The normalized spacial score (nSPS) is 10.3. The first-order valence-electron chi connectivity index (χ1n) is 9.82. The highest BCUT2D eigenvalue weighted by Crippen LogP contribution is 2.34. The molecule has 178 valence electrons. The molecule has 0 aliphatic rings. The van der Waals surface area contributed by atoms with Crippen LogP contribution in [-0.2, 0) is 0 Å². The molecule has 3 aromatic rings. The second-order valence-corrected chi connectivity index (χ2v) is 9.73. The van der Waals surface area contributed by atoms with E-state index in [2.05, 4.69) is 15.9 Å². The third kappa shape index (κ3) is 9.64. The minimum Gasteiger partial charge on any atom is -0.490 e. The van der Waals surface area contributed by atoms with Gasteiger partial charge in [-0.3, -0.25) is 0 Å². The smallest absolute Gasteiger partial charge is 0.156 e. The van der Waals surface area contributed by atoms with Crippen LogP contribution in [0.4, 0.5) is 0 Å². The van der Waals surface area contributed by atoms with Crippen molar-refractivity contribution in [2.45, 2.75) is 13.8 Å². The van der Waals surface area contributed by atoms with Crippen LogP contribution in [0.1, 0.15) is 11.1 Å². The highest BCUT2D eigenvalue weighted by atomic mass is 79.9. The summed E-state index contributed by atoms with van der Waals surface area (Å²) in [7, 11) is 0. The summed E-state index contributed by atoms with van der Waals surface area (Å²) >= 11 is 32.9. The maximum atomic E-state index is 6.09. The molecule has 0 unspecified atom stereocenters. The van der Waals surface area contributed by atoms with Crippen molar-refractivity contribution in [3.8, 4) is 17.2 Å². The van der Waals surface area contributed by atoms with Crippen LogP contribution in [0, 0.1) is 13.8 Å². The molecule has 3 rings (SSSR count). The predicted molar refractivity (Wildman–Crippen MR) is 144 cm³/mol. The molecule has 0 saturated carbocycles. The van der Waals surface area contributed by atoms with E-state index < -0.39 is 0 Å². The quantitative estimate of drug-likeness (QED) is 0.187. The zero-order valence-corrected chi connectivity index (χ0v) is 23.3. The molecule has 3 nitrogen and oxygen atoms in total. The molecular formula is C24H22BrCl5O3. The number of halogens is 6. The van der Waals surface area contributed by atoms with Crippen LogP contribution in [0.5, 0.6) is 17.2 Å². The van der Waals surface area contributed by atoms with Gasteiger partial charge in [-0.15, -0.1) is 11.6 Å². The number of hydrogen-bond acceptors (Lipinski definition) is 3. The Bertz CT molecular complexity index is 999. The Kier molecular flexibility index (Phi) is 12.3. The summed E-state index contributed by atoms with van der Waals surface area (Å²) in [5.41, 5.74) is 2.01. The Labute approximate surface area is 227 Å². The van der Waals surface area contributed by atoms with Gasteiger partial charge in [0.25, 0.3) is 0 Å². The van der Waals surface area contributed by atoms with Crippen molar-refractivity contribution in [1.82, 2.24) is 0 Å². The van der Waals surface area contributed by atoms with Crippen LogP contribution >= 0.6 is 73.9 Å². The fraction of sp³-hybridized carbons (Fsp3) is 0.250. The number of alkyl halides is 1. The van der Waals surface area contributed by atoms with Crippen LogP contribution in [-0.4, -0.2) is 25.7 Å². The average Bonchev–Trinajstić information content (AvgIpc) is 2.73. The van der Waals surface area contributed by atoms with E-state index in [0.29, 0.717) is 57.3 Å². The largest absolute Gasteiger partial charge is 0.490 e. The van der Waals surface area contributed by atoms with Gasteiger partial charge in [0.1, 0.15) is 25.6 Å². The molecule has 0 aliphatic heterocycles. The lowest BCUT2D eigenvalue weighted by Gasteiger charge is -2.11. The van der Waals surface area contributed by atoms with Crippen molar-refractivity contribution >= 4 is 73.9 Å². The molecule has 0 aromatic heterocycles. The van der Waals surface area contributed by atoms with Gasteiger partial charge < -0.3 is 14.2 Å². The molecule has 0 radical (unpaired) electrons. The number of benzene rings is 3. The number of ether oxygens (including phenoxy) is 3. The monoisotopic (exact) mass is 612 g/mol. The fourth-order valence-electron chi connectivity index (χ4n) is 2.62. The van der Waals surface area contributed by atoms with Gasteiger partial charge in [0.2, 0.25) is 0 Å². The Balaban J connectivity index is 0.000000257. The summed E-state index contributed by atoms with van der Waals surface area (Å²) in [6, 6.07) is 14.9. The maximum absolute atomic E-state index is 6.09. The molecule has 0 spiro atoms. The fourth-order valence-corrected chi connectivity index (χ4v) is 4.38. The molecule has 0 saturated heterocycles. The van der Waals surface area contributed by atoms with Gasteiger partial charge in [-0.25, -0.2) is 0 Å². The lowest BCUT2D eigenvalue weighted by Crippen LogP contribution is -2.09. The SMILES string of the molecule is Cc1cc(Cl)c(OCCCl)c(Cl)c1.Cc1cc(Cl)c(OCCOc2ccc(Br)cc2)c(Cl)c1. The summed E-state index contributed by atoms with van der Waals surface area (Å²) in [5.74, 6) is 2.21. The van der Waals surface area contributed by atoms with Crippen LogP contribution in [0.25, 0.3) is 0 Å². The van der Waals surface area contributed by atoms with Gasteiger partial charge in [-0.1, -0.05) is 62.3 Å². The standard InChI is InChI=1S/C15H13BrCl2O2.C9H9Cl3O/c1-10-8-13(17)15(14(18)9-10)20-7-6-19-12-4-2-11(16)3-5-12;1-6-4-7(11)9(8(12)5-6)13-3-2-10/h2-5,8-9H,6-7H2,1H3;4-5H,2-3H2,1H3. The Morgan fingerprint density at radius 2 is 1.03 bits per heavy atom. The van der Waals surface area contributed by atoms with Crippen molar-refractivity contribution in [1.29, 1.82) is 0 Å². The topological polar surface area (TPSA) is 27.7 Å². The molecule has 0 N–H and O–H groups in total. The van der Waals surface area contributed by atoms with Crippen LogP contribution in [0.15, 0.2) is 53.0 Å². The van der Waals surface area contributed by atoms with E-state index in [-0.39, 0.29) is 0 Å². The van der Waals surface area contributed by atoms with Crippen molar-refractivity contribution in [3.05, 3.63) is 84.2 Å². The van der Waals surface area contributed by atoms with E-state index in [1.165, 1.54) is 0 Å². The second kappa shape index (κ2) is 14.4. The Morgan fingerprint density at radius 1 is 0.636 bits per heavy atom. The molecule has 0 heterocycles. The molecule has 0 amide bonds. The maximum Gasteiger partial charge on any atom is 0.156 e. The summed E-state index contributed by atoms with van der Waals surface area (Å²) in [6.45, 7) is 5.05. The summed E-state index contributed by atoms with van der Waals surface area (Å²) in [5, 5.41) is 2.07. The van der Waals surface area contributed by atoms with Gasteiger partial charge in [-0.05, 0) is 73.5 Å². The first-order valence-corrected chi connectivity index (χ1v) is 12.7. The van der Waals surface area contributed by atoms with E-state index in [0.717, 1.165) is 21.3 Å². The third-order valence-electron chi connectivity index (χ3n) is 4.02. The highest BCUT2D eigenvalue weighted by Gasteiger charge is 2.09. The number of rotatable bonds is 8. The zero-order valence-electron chi connectivity index (χ0n) is 17.9. The molecule has 33 heavy (non-hydrogen) atoms. The van der Waals surface area contributed by atoms with Gasteiger partial charge in [0.15, 0.2) is 11.5 Å². The van der Waals surface area contributed by atoms with Crippen molar-refractivity contribution in [3.63, 3.8) is 0 Å². The van der Waals surface area contributed by atoms with Gasteiger partial charge in [-0.2, -0.15) is 0 Å². The van der Waals surface area contributed by atoms with E-state index in [1.54, 1.807) is 12.1 Å². The first kappa shape index (κ1) is 28.2. The average molecular weight is 616 g/mol. The molecule has 9 heteroatoms. The summed E-state index contributed by atoms with van der Waals surface area (Å²) < 4.78 is 17.4. The molecule has 3 aromatic carbocycles. The highest BCUT2D eigenvalue weighted by molar-refractivity contribution is 9.10. The van der Waals surface area contributed by atoms with Crippen LogP contribution < -0.4 is 14.2 Å². The Morgan fingerprint density at radius 3 is 1.45 bits per heavy atom. The van der Waals surface area contributed by atoms with Gasteiger partial charge in [0, 0.05) is 4.47 Å². The molecule has 0 aliphatic carbocycles. The van der Waals surface area contributed by atoms with E-state index in [4.69, 9.17) is 72.2 Å². The first-order chi connectivity index (χ1) is 15.7. The minimum absolute atomic E-state index is 0.374. The van der Waals surface area contributed by atoms with Crippen LogP contribution in [0.3, 0.4) is 0 Å². The Hall–Kier alpha value is -1.01. The third-order valence-corrected chi connectivity index (χ3v) is 5.83. The predicted octanol–water partition coefficient (Wildman–Crippen LogP) is 9.44. The molecule has 0 atom stereocenters. The van der Waals surface area contributed by atoms with Crippen LogP contribution in [0.2, 0.25) is 20.1 Å². The summed E-state index contributed by atoms with van der Waals surface area (Å²) in [4.78, 5) is 0. The van der Waals surface area contributed by atoms with Crippen molar-refractivity contribution in [2.75, 3.05) is 25.7 Å². The lowest BCUT2D eigenvalue weighted by atomic mass is 10.2. The van der Waals surface area contributed by atoms with Gasteiger partial charge in [0.05, 0.1) is 26.0 Å². The van der Waals surface area contributed by atoms with Gasteiger partial charge >= 0.3 is 0 Å². The van der Waals surface area contributed by atoms with E-state index >= 15 is 0 Å². The van der Waals surface area contributed by atoms with E-state index in [9.17, 15) is 0 Å². The molecule has 0 bridgehead atoms. The molecular weight excluding hydrogens is 593 g/mol. The minimum atomic E-state index is 0.374. The number of hydrogen-bond donors (Lipinski definition) is 0. The second-order valence-electron chi connectivity index (χ2n) is 6.80. The van der Waals surface area contributed by atoms with Crippen molar-refractivity contribution < 1.29 is 14.2 Å².